The van der Waals surface area contributed by atoms with E-state index in [0.29, 0.717) is 12.1 Å². The van der Waals surface area contributed by atoms with Crippen LogP contribution in [0.3, 0.4) is 0 Å². The highest BCUT2D eigenvalue weighted by molar-refractivity contribution is 14.0. The molecular formula is C18H33IN6S. The van der Waals surface area contributed by atoms with Gasteiger partial charge in [0.1, 0.15) is 5.82 Å². The zero-order valence-corrected chi connectivity index (χ0v) is 19.3. The molecule has 2 aliphatic carbocycles. The Kier molecular flexibility index (Phi) is 8.99. The van der Waals surface area contributed by atoms with Crippen molar-refractivity contribution in [2.24, 2.45) is 10.9 Å². The van der Waals surface area contributed by atoms with Gasteiger partial charge in [0.25, 0.3) is 0 Å². The minimum Gasteiger partial charge on any atom is -0.357 e. The summed E-state index contributed by atoms with van der Waals surface area (Å²) < 4.78 is 2.40. The van der Waals surface area contributed by atoms with Gasteiger partial charge >= 0.3 is 0 Å². The van der Waals surface area contributed by atoms with Crippen LogP contribution in [0.25, 0.3) is 0 Å². The van der Waals surface area contributed by atoms with Crippen molar-refractivity contribution in [1.29, 1.82) is 0 Å². The number of guanidine groups is 1. The average Bonchev–Trinajstić information content (AvgIpc) is 3.02. The first-order valence-corrected chi connectivity index (χ1v) is 11.0. The van der Waals surface area contributed by atoms with Crippen LogP contribution in [0, 0.1) is 5.92 Å². The summed E-state index contributed by atoms with van der Waals surface area (Å²) >= 11 is 1.71. The van der Waals surface area contributed by atoms with Crippen LogP contribution in [-0.4, -0.2) is 46.1 Å². The zero-order chi connectivity index (χ0) is 17.6. The summed E-state index contributed by atoms with van der Waals surface area (Å²) in [7, 11) is 0. The van der Waals surface area contributed by atoms with Crippen molar-refractivity contribution >= 4 is 41.7 Å². The van der Waals surface area contributed by atoms with Crippen LogP contribution in [0.5, 0.6) is 0 Å². The van der Waals surface area contributed by atoms with Gasteiger partial charge in [-0.3, -0.25) is 4.99 Å². The van der Waals surface area contributed by atoms with Gasteiger partial charge in [0.05, 0.1) is 0 Å². The fourth-order valence-electron chi connectivity index (χ4n) is 3.59. The summed E-state index contributed by atoms with van der Waals surface area (Å²) in [4.78, 5) is 4.73. The van der Waals surface area contributed by atoms with Gasteiger partial charge in [0, 0.05) is 31.6 Å². The standard InChI is InChI=1S/C18H32N6S.HI/c1-4-19-17(21-15-12-13(15)2)20-11-7-10-16-22-23-18(25-3)24(16)14-8-5-6-9-14;/h13-15H,4-12H2,1-3H3,(H2,19,20,21);1H. The van der Waals surface area contributed by atoms with Crippen LogP contribution in [0.2, 0.25) is 0 Å². The van der Waals surface area contributed by atoms with E-state index in [1.807, 2.05) is 0 Å². The number of hydrogen-bond acceptors (Lipinski definition) is 4. The lowest BCUT2D eigenvalue weighted by Gasteiger charge is -2.16. The Morgan fingerprint density at radius 2 is 2.04 bits per heavy atom. The van der Waals surface area contributed by atoms with Gasteiger partial charge in [0.2, 0.25) is 0 Å². The van der Waals surface area contributed by atoms with Crippen molar-refractivity contribution in [3.63, 3.8) is 0 Å². The normalized spacial score (nSPS) is 23.0. The Hall–Kier alpha value is -0.510. The molecule has 0 aromatic carbocycles. The fourth-order valence-corrected chi connectivity index (χ4v) is 4.17. The lowest BCUT2D eigenvalue weighted by molar-refractivity contribution is 0.461. The smallest absolute Gasteiger partial charge is 0.191 e. The van der Waals surface area contributed by atoms with Crippen molar-refractivity contribution < 1.29 is 0 Å². The average molecular weight is 492 g/mol. The molecule has 2 saturated carbocycles. The molecule has 0 bridgehead atoms. The predicted octanol–water partition coefficient (Wildman–Crippen LogP) is 3.63. The van der Waals surface area contributed by atoms with Gasteiger partial charge in [-0.25, -0.2) is 0 Å². The van der Waals surface area contributed by atoms with E-state index in [0.717, 1.165) is 48.8 Å². The lowest BCUT2D eigenvalue weighted by Crippen LogP contribution is -2.39. The molecule has 0 radical (unpaired) electrons. The molecule has 2 unspecified atom stereocenters. The monoisotopic (exact) mass is 492 g/mol. The van der Waals surface area contributed by atoms with Crippen LogP contribution in [0.15, 0.2) is 10.1 Å². The molecule has 148 valence electrons. The Labute approximate surface area is 178 Å². The van der Waals surface area contributed by atoms with Crippen molar-refractivity contribution in [3.8, 4) is 0 Å². The maximum Gasteiger partial charge on any atom is 0.191 e. The summed E-state index contributed by atoms with van der Waals surface area (Å²) in [6.07, 6.45) is 10.5. The lowest BCUT2D eigenvalue weighted by atomic mass is 10.2. The quantitative estimate of drug-likeness (QED) is 0.191. The molecular weight excluding hydrogens is 459 g/mol. The van der Waals surface area contributed by atoms with Gasteiger partial charge < -0.3 is 15.2 Å². The van der Waals surface area contributed by atoms with Crippen LogP contribution < -0.4 is 10.6 Å². The van der Waals surface area contributed by atoms with Gasteiger partial charge in [-0.15, -0.1) is 34.2 Å². The first-order valence-electron chi connectivity index (χ1n) is 9.75. The SMILES string of the molecule is CCNC(=NCCCc1nnc(SC)n1C1CCCC1)NC1CC1C.I. The molecule has 0 spiro atoms. The van der Waals surface area contributed by atoms with Crippen molar-refractivity contribution in [3.05, 3.63) is 5.82 Å². The van der Waals surface area contributed by atoms with Gasteiger partial charge in [-0.1, -0.05) is 31.5 Å². The van der Waals surface area contributed by atoms with E-state index in [1.54, 1.807) is 11.8 Å². The number of aryl methyl sites for hydroxylation is 1. The number of aromatic nitrogens is 3. The third-order valence-electron chi connectivity index (χ3n) is 5.21. The summed E-state index contributed by atoms with van der Waals surface area (Å²) in [5, 5.41) is 16.8. The van der Waals surface area contributed by atoms with E-state index in [-0.39, 0.29) is 24.0 Å². The molecule has 2 N–H and O–H groups in total. The van der Waals surface area contributed by atoms with Crippen LogP contribution in [-0.2, 0) is 6.42 Å². The van der Waals surface area contributed by atoms with Crippen LogP contribution >= 0.6 is 35.7 Å². The van der Waals surface area contributed by atoms with E-state index >= 15 is 0 Å². The minimum absolute atomic E-state index is 0. The zero-order valence-electron chi connectivity index (χ0n) is 16.2. The van der Waals surface area contributed by atoms with E-state index in [1.165, 1.54) is 32.1 Å². The molecule has 0 amide bonds. The van der Waals surface area contributed by atoms with Crippen molar-refractivity contribution in [1.82, 2.24) is 25.4 Å². The number of thioether (sulfide) groups is 1. The molecule has 0 saturated heterocycles. The molecule has 8 heteroatoms. The molecule has 2 fully saturated rings. The second-order valence-electron chi connectivity index (χ2n) is 7.24. The largest absolute Gasteiger partial charge is 0.357 e. The summed E-state index contributed by atoms with van der Waals surface area (Å²) in [5.74, 6) is 2.87. The molecule has 2 atom stereocenters. The fraction of sp³-hybridized carbons (Fsp3) is 0.833. The van der Waals surface area contributed by atoms with E-state index in [4.69, 9.17) is 4.99 Å². The molecule has 26 heavy (non-hydrogen) atoms. The molecule has 1 heterocycles. The molecule has 3 rings (SSSR count). The maximum atomic E-state index is 4.73. The first-order chi connectivity index (χ1) is 12.2. The molecule has 1 aromatic heterocycles. The Bertz CT molecular complexity index is 584. The molecule has 1 aromatic rings. The van der Waals surface area contributed by atoms with Crippen LogP contribution in [0.4, 0.5) is 0 Å². The predicted molar refractivity (Wildman–Crippen MR) is 120 cm³/mol. The van der Waals surface area contributed by atoms with Crippen LogP contribution in [0.1, 0.15) is 64.2 Å². The van der Waals surface area contributed by atoms with Gasteiger partial charge in [-0.2, -0.15) is 0 Å². The van der Waals surface area contributed by atoms with Crippen molar-refractivity contribution in [2.45, 2.75) is 76.0 Å². The first kappa shape index (κ1) is 21.8. The topological polar surface area (TPSA) is 67.1 Å². The Balaban J connectivity index is 0.00000243. The number of nitrogens with one attached hydrogen (secondary N) is 2. The van der Waals surface area contributed by atoms with E-state index in [2.05, 4.69) is 45.5 Å². The molecule has 6 nitrogen and oxygen atoms in total. The Morgan fingerprint density at radius 1 is 1.31 bits per heavy atom. The molecule has 0 aliphatic heterocycles. The number of halogens is 1. The number of hydrogen-bond donors (Lipinski definition) is 2. The number of nitrogens with zero attached hydrogens (tertiary/aromatic N) is 4. The second-order valence-corrected chi connectivity index (χ2v) is 8.01. The van der Waals surface area contributed by atoms with Gasteiger partial charge in [-0.05, 0) is 44.8 Å². The molecule has 2 aliphatic rings. The highest BCUT2D eigenvalue weighted by Crippen LogP contribution is 2.33. The third-order valence-corrected chi connectivity index (χ3v) is 5.86. The highest BCUT2D eigenvalue weighted by atomic mass is 127. The maximum absolute atomic E-state index is 4.73. The summed E-state index contributed by atoms with van der Waals surface area (Å²) in [5.41, 5.74) is 0. The second kappa shape index (κ2) is 10.7. The van der Waals surface area contributed by atoms with Crippen molar-refractivity contribution in [2.75, 3.05) is 19.3 Å². The Morgan fingerprint density at radius 3 is 2.65 bits per heavy atom. The minimum atomic E-state index is 0. The van der Waals surface area contributed by atoms with E-state index < -0.39 is 0 Å². The van der Waals surface area contributed by atoms with Gasteiger partial charge in [0.15, 0.2) is 11.1 Å². The third kappa shape index (κ3) is 5.74. The summed E-state index contributed by atoms with van der Waals surface area (Å²) in [6, 6.07) is 1.21. The summed E-state index contributed by atoms with van der Waals surface area (Å²) in [6.45, 7) is 6.12. The number of aliphatic imine (C=N–C) groups is 1. The highest BCUT2D eigenvalue weighted by Gasteiger charge is 2.33. The van der Waals surface area contributed by atoms with E-state index in [9.17, 15) is 0 Å². The number of rotatable bonds is 8.